The van der Waals surface area contributed by atoms with Crippen molar-refractivity contribution in [1.29, 1.82) is 0 Å². The van der Waals surface area contributed by atoms with Crippen LogP contribution in [0.15, 0.2) is 28.7 Å². The predicted molar refractivity (Wildman–Crippen MR) is 123 cm³/mol. The Morgan fingerprint density at radius 1 is 1.10 bits per heavy atom. The van der Waals surface area contributed by atoms with Crippen molar-refractivity contribution in [2.24, 2.45) is 0 Å². The predicted octanol–water partition coefficient (Wildman–Crippen LogP) is 2.46. The highest BCUT2D eigenvalue weighted by Gasteiger charge is 2.29. The Kier molecular flexibility index (Phi) is 7.40. The minimum Gasteiger partial charge on any atom is -0.423 e. The molecular weight excluding hydrogens is 441 g/mol. The SMILES string of the molecule is Cc1c(C(=O)N2CCN(c3nc4ccccc4o3)CC2)nnn1C1CCNCC1.Cl.Cl. The van der Waals surface area contributed by atoms with Gasteiger partial charge < -0.3 is 19.5 Å². The second-order valence-corrected chi connectivity index (χ2v) is 7.69. The zero-order valence-corrected chi connectivity index (χ0v) is 19.0. The summed E-state index contributed by atoms with van der Waals surface area (Å²) in [4.78, 5) is 21.5. The summed E-state index contributed by atoms with van der Waals surface area (Å²) in [5.74, 6) is -0.0418. The molecule has 0 spiro atoms. The third-order valence-electron chi connectivity index (χ3n) is 5.90. The number of aromatic nitrogens is 4. The van der Waals surface area contributed by atoms with Gasteiger partial charge in [0.2, 0.25) is 0 Å². The summed E-state index contributed by atoms with van der Waals surface area (Å²) in [6.45, 7) is 6.48. The van der Waals surface area contributed by atoms with Gasteiger partial charge in [-0.15, -0.1) is 29.9 Å². The topological polar surface area (TPSA) is 92.3 Å². The first-order valence-corrected chi connectivity index (χ1v) is 10.2. The molecule has 2 aliphatic heterocycles. The minimum absolute atomic E-state index is 0. The molecule has 0 unspecified atom stereocenters. The Labute approximate surface area is 193 Å². The molecule has 168 valence electrons. The number of hydrogen-bond acceptors (Lipinski definition) is 7. The van der Waals surface area contributed by atoms with Crippen molar-refractivity contribution in [2.75, 3.05) is 44.2 Å². The lowest BCUT2D eigenvalue weighted by Crippen LogP contribution is -2.49. The number of carbonyl (C=O) groups is 1. The van der Waals surface area contributed by atoms with Gasteiger partial charge >= 0.3 is 0 Å². The average molecular weight is 468 g/mol. The standard InChI is InChI=1S/C20H25N7O2.2ClH/c1-14-18(23-24-27(14)15-6-8-21-9-7-15)19(28)25-10-12-26(13-11-25)20-22-16-4-2-3-5-17(16)29-20;;/h2-5,15,21H,6-13H2,1H3;2*1H. The van der Waals surface area contributed by atoms with Crippen molar-refractivity contribution in [3.05, 3.63) is 35.7 Å². The lowest BCUT2D eigenvalue weighted by atomic mass is 10.1. The van der Waals surface area contributed by atoms with Crippen LogP contribution in [0.4, 0.5) is 6.01 Å². The number of hydrogen-bond donors (Lipinski definition) is 1. The summed E-state index contributed by atoms with van der Waals surface area (Å²) in [6.07, 6.45) is 2.03. The van der Waals surface area contributed by atoms with Crippen LogP contribution < -0.4 is 10.2 Å². The summed E-state index contributed by atoms with van der Waals surface area (Å²) in [7, 11) is 0. The van der Waals surface area contributed by atoms with E-state index in [2.05, 4.69) is 25.5 Å². The summed E-state index contributed by atoms with van der Waals surface area (Å²) in [6, 6.07) is 8.68. The van der Waals surface area contributed by atoms with Crippen molar-refractivity contribution in [3.63, 3.8) is 0 Å². The number of piperazine rings is 1. The quantitative estimate of drug-likeness (QED) is 0.632. The van der Waals surface area contributed by atoms with Gasteiger partial charge in [0.15, 0.2) is 11.3 Å². The third kappa shape index (κ3) is 4.49. The summed E-state index contributed by atoms with van der Waals surface area (Å²) in [5.41, 5.74) is 2.97. The van der Waals surface area contributed by atoms with Gasteiger partial charge in [-0.05, 0) is 45.0 Å². The molecule has 1 N–H and O–H groups in total. The van der Waals surface area contributed by atoms with Gasteiger partial charge in [-0.25, -0.2) is 4.68 Å². The Hall–Kier alpha value is -2.36. The molecule has 1 amide bonds. The first-order chi connectivity index (χ1) is 14.2. The second kappa shape index (κ2) is 9.84. The van der Waals surface area contributed by atoms with E-state index >= 15 is 0 Å². The monoisotopic (exact) mass is 467 g/mol. The number of nitrogens with zero attached hydrogens (tertiary/aromatic N) is 6. The lowest BCUT2D eigenvalue weighted by Gasteiger charge is -2.33. The molecule has 2 aromatic heterocycles. The number of para-hydroxylation sites is 2. The fourth-order valence-electron chi connectivity index (χ4n) is 4.18. The highest BCUT2D eigenvalue weighted by atomic mass is 35.5. The summed E-state index contributed by atoms with van der Waals surface area (Å²) < 4.78 is 7.79. The highest BCUT2D eigenvalue weighted by Crippen LogP contribution is 2.24. The molecule has 0 radical (unpaired) electrons. The first-order valence-electron chi connectivity index (χ1n) is 10.2. The summed E-state index contributed by atoms with van der Waals surface area (Å²) >= 11 is 0. The van der Waals surface area contributed by atoms with Gasteiger partial charge in [0, 0.05) is 26.2 Å². The molecular formula is C20H27Cl2N7O2. The van der Waals surface area contributed by atoms with Crippen LogP contribution in [0.3, 0.4) is 0 Å². The van der Waals surface area contributed by atoms with E-state index in [0.717, 1.165) is 42.7 Å². The number of fused-ring (bicyclic) bond motifs is 1. The van der Waals surface area contributed by atoms with Crippen molar-refractivity contribution in [2.45, 2.75) is 25.8 Å². The van der Waals surface area contributed by atoms with Crippen LogP contribution in [-0.2, 0) is 0 Å². The number of rotatable bonds is 3. The van der Waals surface area contributed by atoms with E-state index in [9.17, 15) is 4.79 Å². The number of halogens is 2. The van der Waals surface area contributed by atoms with Crippen molar-refractivity contribution in [3.8, 4) is 0 Å². The number of carbonyl (C=O) groups excluding carboxylic acids is 1. The maximum Gasteiger partial charge on any atom is 0.298 e. The van der Waals surface area contributed by atoms with Crippen LogP contribution in [0.1, 0.15) is 35.1 Å². The molecule has 1 aromatic carbocycles. The van der Waals surface area contributed by atoms with Crippen LogP contribution in [-0.4, -0.2) is 70.1 Å². The lowest BCUT2D eigenvalue weighted by molar-refractivity contribution is 0.0738. The van der Waals surface area contributed by atoms with Crippen LogP contribution in [0.25, 0.3) is 11.1 Å². The third-order valence-corrected chi connectivity index (χ3v) is 5.90. The highest BCUT2D eigenvalue weighted by molar-refractivity contribution is 5.93. The summed E-state index contributed by atoms with van der Waals surface area (Å²) in [5, 5.41) is 11.9. The number of amides is 1. The first kappa shape index (κ1) is 23.3. The smallest absolute Gasteiger partial charge is 0.298 e. The largest absolute Gasteiger partial charge is 0.423 e. The Morgan fingerprint density at radius 2 is 1.81 bits per heavy atom. The molecule has 0 atom stereocenters. The van der Waals surface area contributed by atoms with E-state index < -0.39 is 0 Å². The molecule has 0 aliphatic carbocycles. The van der Waals surface area contributed by atoms with Gasteiger partial charge in [-0.1, -0.05) is 17.3 Å². The van der Waals surface area contributed by atoms with E-state index in [0.29, 0.717) is 43.9 Å². The molecule has 11 heteroatoms. The molecule has 9 nitrogen and oxygen atoms in total. The normalized spacial score (nSPS) is 17.3. The van der Waals surface area contributed by atoms with Gasteiger partial charge in [-0.2, -0.15) is 4.98 Å². The van der Waals surface area contributed by atoms with E-state index in [1.54, 1.807) is 0 Å². The molecule has 3 aromatic rings. The van der Waals surface area contributed by atoms with E-state index in [-0.39, 0.29) is 30.7 Å². The number of anilines is 1. The Morgan fingerprint density at radius 3 is 2.52 bits per heavy atom. The second-order valence-electron chi connectivity index (χ2n) is 7.69. The van der Waals surface area contributed by atoms with E-state index in [1.165, 1.54) is 0 Å². The van der Waals surface area contributed by atoms with Gasteiger partial charge in [0.05, 0.1) is 11.7 Å². The zero-order valence-electron chi connectivity index (χ0n) is 17.4. The maximum atomic E-state index is 13.0. The molecule has 4 heterocycles. The zero-order chi connectivity index (χ0) is 19.8. The van der Waals surface area contributed by atoms with Crippen LogP contribution in [0.5, 0.6) is 0 Å². The van der Waals surface area contributed by atoms with Crippen molar-refractivity contribution < 1.29 is 9.21 Å². The Balaban J connectivity index is 0.00000136. The molecule has 2 fully saturated rings. The van der Waals surface area contributed by atoms with E-state index in [1.807, 2.05) is 40.8 Å². The molecule has 0 bridgehead atoms. The van der Waals surface area contributed by atoms with E-state index in [4.69, 9.17) is 4.42 Å². The number of benzene rings is 1. The van der Waals surface area contributed by atoms with Crippen LogP contribution in [0, 0.1) is 6.92 Å². The number of oxazole rings is 1. The van der Waals surface area contributed by atoms with Crippen LogP contribution >= 0.6 is 24.8 Å². The fourth-order valence-corrected chi connectivity index (χ4v) is 4.18. The average Bonchev–Trinajstić information content (AvgIpc) is 3.37. The van der Waals surface area contributed by atoms with Crippen molar-refractivity contribution >= 4 is 47.8 Å². The molecule has 31 heavy (non-hydrogen) atoms. The van der Waals surface area contributed by atoms with Gasteiger partial charge in [0.25, 0.3) is 11.9 Å². The number of nitrogens with one attached hydrogen (secondary N) is 1. The van der Waals surface area contributed by atoms with Crippen molar-refractivity contribution in [1.82, 2.24) is 30.2 Å². The van der Waals surface area contributed by atoms with Crippen LogP contribution in [0.2, 0.25) is 0 Å². The minimum atomic E-state index is -0.0418. The molecule has 2 saturated heterocycles. The maximum absolute atomic E-state index is 13.0. The molecule has 0 saturated carbocycles. The fraction of sp³-hybridized carbons (Fsp3) is 0.500. The van der Waals surface area contributed by atoms with Gasteiger partial charge in [0.1, 0.15) is 5.52 Å². The molecule has 5 rings (SSSR count). The van der Waals surface area contributed by atoms with Gasteiger partial charge in [-0.3, -0.25) is 4.79 Å². The molecule has 2 aliphatic rings. The number of piperidine rings is 1. The Bertz CT molecular complexity index is 991.